The molecule has 3 aromatic carbocycles. The zero-order chi connectivity index (χ0) is 38.2. The van der Waals surface area contributed by atoms with E-state index in [1.165, 1.54) is 0 Å². The van der Waals surface area contributed by atoms with Gasteiger partial charge < -0.3 is 36.6 Å². The monoisotopic (exact) mass is 746 g/mol. The molecule has 2 aliphatic rings. The maximum Gasteiger partial charge on any atom is 0.329 e. The molecule has 8 N–H and O–H groups in total. The van der Waals surface area contributed by atoms with E-state index in [9.17, 15) is 43.4 Å². The van der Waals surface area contributed by atoms with Crippen LogP contribution in [0.3, 0.4) is 0 Å². The second-order valence-corrected chi connectivity index (χ2v) is 15.9. The number of nitrogens with two attached hydrogens (primary N) is 1. The first kappa shape index (κ1) is 39.4. The fourth-order valence-electron chi connectivity index (χ4n) is 7.54. The van der Waals surface area contributed by atoms with Gasteiger partial charge in [-0.1, -0.05) is 98.1 Å². The number of amides is 4. The number of carbonyl (C=O) groups is 5. The molecule has 1 heterocycles. The van der Waals surface area contributed by atoms with Crippen LogP contribution in [0, 0.1) is 11.8 Å². The summed E-state index contributed by atoms with van der Waals surface area (Å²) in [7, 11) is -4.36. The molecule has 4 amide bonds. The Labute approximate surface area is 308 Å². The van der Waals surface area contributed by atoms with Crippen LogP contribution in [-0.2, 0) is 41.1 Å². The molecule has 282 valence electrons. The van der Waals surface area contributed by atoms with Crippen molar-refractivity contribution in [2.75, 3.05) is 6.54 Å². The zero-order valence-electron chi connectivity index (χ0n) is 29.4. The number of rotatable bonds is 9. The smallest absolute Gasteiger partial charge is 0.329 e. The highest BCUT2D eigenvalue weighted by molar-refractivity contribution is 7.50. The summed E-state index contributed by atoms with van der Waals surface area (Å²) in [6.45, 7) is 0.167. The highest BCUT2D eigenvalue weighted by Gasteiger charge is 2.44. The summed E-state index contributed by atoms with van der Waals surface area (Å²) >= 11 is 0. The summed E-state index contributed by atoms with van der Waals surface area (Å²) in [5.74, 6) is -6.14. The van der Waals surface area contributed by atoms with Crippen molar-refractivity contribution in [1.82, 2.24) is 16.0 Å². The van der Waals surface area contributed by atoms with Crippen molar-refractivity contribution >= 4 is 48.0 Å². The van der Waals surface area contributed by atoms with Gasteiger partial charge in [-0.3, -0.25) is 28.5 Å². The first-order chi connectivity index (χ1) is 25.2. The second kappa shape index (κ2) is 17.3. The van der Waals surface area contributed by atoms with Crippen LogP contribution >= 0.6 is 7.60 Å². The standard InChI is InChI=1S/C39H47N4O9P/c40-34(44)22-33-37(48)41-23-26(20-29-11-7-10-27-9-2-3-12-30(27)29)8-6-13-31(28-16-14-25(15-17-28)24-53(50,51)52)32(21-35(45)46)36(47)43-39(38(49)42-33)18-4-1-5-19-39/h2-3,6-7,9-17,26,31-33H,1,4-5,8,18-24H2,(H2,40,44)(H,41,48)(H,42,49)(H,43,47)(H,45,46)(H2,50,51,52). The number of benzene rings is 3. The number of allylic oxidation sites excluding steroid dienone is 2. The van der Waals surface area contributed by atoms with E-state index in [2.05, 4.69) is 16.0 Å². The number of carboxylic acids is 1. The van der Waals surface area contributed by atoms with Crippen LogP contribution < -0.4 is 21.7 Å². The number of hydrogen-bond donors (Lipinski definition) is 7. The zero-order valence-corrected chi connectivity index (χ0v) is 30.3. The van der Waals surface area contributed by atoms with Crippen LogP contribution in [0.4, 0.5) is 0 Å². The molecule has 1 fully saturated rings. The van der Waals surface area contributed by atoms with Gasteiger partial charge in [-0.2, -0.15) is 0 Å². The molecule has 0 aromatic heterocycles. The van der Waals surface area contributed by atoms with Gasteiger partial charge >= 0.3 is 13.6 Å². The van der Waals surface area contributed by atoms with Crippen molar-refractivity contribution in [1.29, 1.82) is 0 Å². The molecule has 1 saturated carbocycles. The highest BCUT2D eigenvalue weighted by atomic mass is 31.2. The minimum Gasteiger partial charge on any atom is -0.481 e. The van der Waals surface area contributed by atoms with E-state index < -0.39 is 79.6 Å². The molecule has 1 spiro atoms. The molecular formula is C39H47N4O9P. The third-order valence-corrected chi connectivity index (χ3v) is 11.0. The molecule has 1 aliphatic carbocycles. The van der Waals surface area contributed by atoms with Gasteiger partial charge in [-0.05, 0) is 59.1 Å². The van der Waals surface area contributed by atoms with Crippen molar-refractivity contribution < 1.29 is 43.4 Å². The molecule has 0 radical (unpaired) electrons. The molecule has 53 heavy (non-hydrogen) atoms. The van der Waals surface area contributed by atoms with Gasteiger partial charge in [0.1, 0.15) is 11.6 Å². The second-order valence-electron chi connectivity index (χ2n) is 14.2. The normalized spacial score (nSPS) is 22.9. The Morgan fingerprint density at radius 3 is 2.26 bits per heavy atom. The van der Waals surface area contributed by atoms with Crippen LogP contribution in [0.25, 0.3) is 10.8 Å². The molecule has 4 atom stereocenters. The maximum atomic E-state index is 14.4. The Morgan fingerprint density at radius 2 is 1.58 bits per heavy atom. The average molecular weight is 747 g/mol. The Kier molecular flexibility index (Phi) is 12.9. The van der Waals surface area contributed by atoms with E-state index in [1.54, 1.807) is 30.3 Å². The highest BCUT2D eigenvalue weighted by Crippen LogP contribution is 2.40. The summed E-state index contributed by atoms with van der Waals surface area (Å²) in [6, 6.07) is 18.9. The average Bonchev–Trinajstić information content (AvgIpc) is 3.10. The topological polar surface area (TPSA) is 225 Å². The SMILES string of the molecule is NC(=O)CC1NC(=O)C2(CCCCC2)NC(=O)C(CC(=O)O)C(c2ccc(CP(=O)(O)O)cc2)C=CCC(Cc2cccc3ccccc23)CNC1=O. The number of aliphatic carboxylic acids is 1. The number of primary amides is 1. The predicted octanol–water partition coefficient (Wildman–Crippen LogP) is 3.81. The summed E-state index contributed by atoms with van der Waals surface area (Å²) in [4.78, 5) is 85.6. The summed E-state index contributed by atoms with van der Waals surface area (Å²) in [5, 5.41) is 20.7. The molecule has 1 aliphatic heterocycles. The van der Waals surface area contributed by atoms with E-state index in [0.717, 1.165) is 22.8 Å². The van der Waals surface area contributed by atoms with Gasteiger partial charge in [-0.25, -0.2) is 0 Å². The lowest BCUT2D eigenvalue weighted by atomic mass is 9.78. The van der Waals surface area contributed by atoms with E-state index >= 15 is 0 Å². The minimum absolute atomic E-state index is 0.167. The maximum absolute atomic E-state index is 14.4. The Balaban J connectivity index is 1.58. The molecule has 14 heteroatoms. The lowest BCUT2D eigenvalue weighted by Gasteiger charge is -2.39. The van der Waals surface area contributed by atoms with Crippen molar-refractivity contribution in [2.24, 2.45) is 17.6 Å². The van der Waals surface area contributed by atoms with Gasteiger partial charge in [0.15, 0.2) is 0 Å². The van der Waals surface area contributed by atoms with E-state index in [1.807, 2.05) is 48.5 Å². The van der Waals surface area contributed by atoms with Gasteiger partial charge in [0.05, 0.1) is 24.9 Å². The largest absolute Gasteiger partial charge is 0.481 e. The van der Waals surface area contributed by atoms with Crippen LogP contribution in [0.15, 0.2) is 78.9 Å². The first-order valence-electron chi connectivity index (χ1n) is 17.9. The molecular weight excluding hydrogens is 699 g/mol. The Bertz CT molecular complexity index is 1900. The summed E-state index contributed by atoms with van der Waals surface area (Å²) < 4.78 is 11.7. The van der Waals surface area contributed by atoms with Crippen molar-refractivity contribution in [3.8, 4) is 0 Å². The molecule has 5 rings (SSSR count). The van der Waals surface area contributed by atoms with Crippen LogP contribution in [0.2, 0.25) is 0 Å². The minimum atomic E-state index is -4.36. The van der Waals surface area contributed by atoms with E-state index in [0.29, 0.717) is 36.8 Å². The van der Waals surface area contributed by atoms with Gasteiger partial charge in [0.2, 0.25) is 23.6 Å². The fourth-order valence-corrected chi connectivity index (χ4v) is 8.22. The number of nitrogens with one attached hydrogen (secondary N) is 3. The van der Waals surface area contributed by atoms with Gasteiger partial charge in [-0.15, -0.1) is 0 Å². The van der Waals surface area contributed by atoms with Gasteiger partial charge in [0.25, 0.3) is 0 Å². The van der Waals surface area contributed by atoms with Gasteiger partial charge in [0, 0.05) is 12.5 Å². The molecule has 0 bridgehead atoms. The number of carboxylic acid groups (broad SMARTS) is 1. The van der Waals surface area contributed by atoms with Crippen molar-refractivity contribution in [3.63, 3.8) is 0 Å². The summed E-state index contributed by atoms with van der Waals surface area (Å²) in [6.07, 6.45) is 5.49. The third-order valence-electron chi connectivity index (χ3n) is 10.2. The van der Waals surface area contributed by atoms with Crippen LogP contribution in [0.1, 0.15) is 74.0 Å². The third kappa shape index (κ3) is 10.6. The van der Waals surface area contributed by atoms with Crippen molar-refractivity contribution in [3.05, 3.63) is 95.6 Å². The molecule has 3 aromatic rings. The van der Waals surface area contributed by atoms with Crippen LogP contribution in [-0.4, -0.2) is 62.6 Å². The molecule has 0 saturated heterocycles. The lowest BCUT2D eigenvalue weighted by Crippen LogP contribution is -2.64. The lowest BCUT2D eigenvalue weighted by molar-refractivity contribution is -0.143. The van der Waals surface area contributed by atoms with Crippen LogP contribution in [0.5, 0.6) is 0 Å². The number of carbonyl (C=O) groups excluding carboxylic acids is 4. The quantitative estimate of drug-likeness (QED) is 0.125. The van der Waals surface area contributed by atoms with E-state index in [-0.39, 0.29) is 25.3 Å². The molecule has 13 nitrogen and oxygen atoms in total. The molecule has 4 unspecified atom stereocenters. The first-order valence-corrected chi connectivity index (χ1v) is 19.7. The predicted molar refractivity (Wildman–Crippen MR) is 198 cm³/mol. The summed E-state index contributed by atoms with van der Waals surface area (Å²) in [5.41, 5.74) is 6.00. The fraction of sp³-hybridized carbons (Fsp3) is 0.410. The van der Waals surface area contributed by atoms with Crippen molar-refractivity contribution in [2.45, 2.75) is 81.4 Å². The Morgan fingerprint density at radius 1 is 0.887 bits per heavy atom. The Hall–Kier alpha value is -4.84. The number of hydrogen-bond acceptors (Lipinski definition) is 6. The number of fused-ring (bicyclic) bond motifs is 1. The van der Waals surface area contributed by atoms with E-state index in [4.69, 9.17) is 5.73 Å².